The molecule has 0 unspecified atom stereocenters. The summed E-state index contributed by atoms with van der Waals surface area (Å²) in [5.41, 5.74) is 25.9. The molecule has 0 fully saturated rings. The first kappa shape index (κ1) is 57.4. The topological polar surface area (TPSA) is 103 Å². The third-order valence-electron chi connectivity index (χ3n) is 19.1. The molecule has 18 rings (SSSR count). The van der Waals surface area contributed by atoms with Gasteiger partial charge in [0.1, 0.15) is 0 Å². The molecule has 18 aromatic rings. The molecule has 8 heteroatoms. The molecule has 0 bridgehead atoms. The van der Waals surface area contributed by atoms with Crippen LogP contribution in [0.5, 0.6) is 0 Å². The Balaban J connectivity index is 0.000000145. The fourth-order valence-electron chi connectivity index (χ4n) is 14.7. The van der Waals surface area contributed by atoms with Gasteiger partial charge in [-0.1, -0.05) is 158 Å². The van der Waals surface area contributed by atoms with Gasteiger partial charge >= 0.3 is 0 Å². The van der Waals surface area contributed by atoms with Gasteiger partial charge in [-0.05, 0) is 190 Å². The second kappa shape index (κ2) is 23.9. The minimum Gasteiger partial charge on any atom is -0.265 e. The van der Waals surface area contributed by atoms with Gasteiger partial charge in [0, 0.05) is 126 Å². The summed E-state index contributed by atoms with van der Waals surface area (Å²) in [7, 11) is 0. The first-order chi connectivity index (χ1) is 47.3. The van der Waals surface area contributed by atoms with Crippen LogP contribution >= 0.6 is 0 Å². The number of hydrogen-bond donors (Lipinski definition) is 0. The minimum absolute atomic E-state index is 0.975. The Morgan fingerprint density at radius 3 is 0.708 bits per heavy atom. The highest BCUT2D eigenvalue weighted by molar-refractivity contribution is 6.27. The summed E-state index contributed by atoms with van der Waals surface area (Å²) in [6.45, 7) is 9.05. The van der Waals surface area contributed by atoms with E-state index in [9.17, 15) is 0 Å². The van der Waals surface area contributed by atoms with Gasteiger partial charge in [0.05, 0.1) is 44.8 Å². The van der Waals surface area contributed by atoms with Crippen LogP contribution in [-0.4, -0.2) is 39.9 Å². The fraction of sp³-hybridized carbons (Fsp3) is 0.0455. The molecular weight excluding hydrogens is 1170 g/mol. The van der Waals surface area contributed by atoms with Gasteiger partial charge < -0.3 is 0 Å². The summed E-state index contributed by atoms with van der Waals surface area (Å²) in [4.78, 5) is 38.8. The van der Waals surface area contributed by atoms with E-state index in [1.54, 1.807) is 0 Å². The van der Waals surface area contributed by atoms with Crippen molar-refractivity contribution in [2.75, 3.05) is 0 Å². The molecule has 0 amide bonds. The quantitative estimate of drug-likeness (QED) is 0.109. The first-order valence-electron chi connectivity index (χ1n) is 32.4. The molecule has 8 aromatic heterocycles. The Morgan fingerprint density at radius 1 is 0.188 bits per heavy atom. The number of benzene rings is 10. The van der Waals surface area contributed by atoms with Crippen molar-refractivity contribution in [3.05, 3.63) is 314 Å². The van der Waals surface area contributed by atoms with Crippen molar-refractivity contribution in [2.24, 2.45) is 0 Å². The van der Waals surface area contributed by atoms with Crippen molar-refractivity contribution < 1.29 is 0 Å². The summed E-state index contributed by atoms with van der Waals surface area (Å²) >= 11 is 0. The van der Waals surface area contributed by atoms with Crippen LogP contribution in [0.15, 0.2) is 292 Å². The average molecular weight is 1230 g/mol. The Labute approximate surface area is 555 Å². The predicted octanol–water partition coefficient (Wildman–Crippen LogP) is 22.3. The van der Waals surface area contributed by atoms with E-state index in [1.165, 1.54) is 65.3 Å². The van der Waals surface area contributed by atoms with Crippen molar-refractivity contribution in [1.29, 1.82) is 0 Å². The second-order valence-electron chi connectivity index (χ2n) is 24.7. The van der Waals surface area contributed by atoms with Gasteiger partial charge in [-0.3, -0.25) is 19.9 Å². The lowest BCUT2D eigenvalue weighted by molar-refractivity contribution is 1.33. The zero-order valence-electron chi connectivity index (χ0n) is 53.3. The summed E-state index contributed by atoms with van der Waals surface area (Å²) in [5.74, 6) is 0. The predicted molar refractivity (Wildman–Crippen MR) is 398 cm³/mol. The zero-order chi connectivity index (χ0) is 64.4. The Bertz CT molecular complexity index is 5360. The molecule has 0 saturated heterocycles. The minimum atomic E-state index is 0.975. The first-order valence-corrected chi connectivity index (χ1v) is 32.4. The lowest BCUT2D eigenvalue weighted by Gasteiger charge is -2.21. The van der Waals surface area contributed by atoms with Crippen LogP contribution in [0, 0.1) is 27.7 Å². The molecule has 8 heterocycles. The maximum atomic E-state index is 5.39. The lowest BCUT2D eigenvalue weighted by atomic mass is 9.85. The third kappa shape index (κ3) is 9.85. The van der Waals surface area contributed by atoms with Crippen LogP contribution in [0.1, 0.15) is 22.3 Å². The van der Waals surface area contributed by atoms with E-state index < -0.39 is 0 Å². The molecule has 0 atom stereocenters. The Kier molecular flexibility index (Phi) is 14.3. The highest BCUT2D eigenvalue weighted by atomic mass is 14.7. The SMILES string of the molecule is Cc1c2c(-c3cccc(-c4cccnc4)c3)nc3ccccc3c2c(C)c2c(-c3cccc(-c4cccnc4)c3)nc3ccccc3c12.Cc1c2c(-c3cccc(-c4ccncc4)c3)nc3ccccc3c2c(C)c2c(-c3cccc(-c4ccncc4)c3)nc3ccccc3c12. The molecule has 0 aliphatic heterocycles. The van der Waals surface area contributed by atoms with Crippen LogP contribution in [0.2, 0.25) is 0 Å². The van der Waals surface area contributed by atoms with Crippen molar-refractivity contribution in [2.45, 2.75) is 27.7 Å². The van der Waals surface area contributed by atoms with Crippen molar-refractivity contribution in [1.82, 2.24) is 39.9 Å². The smallest absolute Gasteiger partial charge is 0.0791 e. The Hall–Kier alpha value is -12.5. The maximum Gasteiger partial charge on any atom is 0.0791 e. The monoisotopic (exact) mass is 1230 g/mol. The maximum absolute atomic E-state index is 5.39. The normalized spacial score (nSPS) is 11.5. The van der Waals surface area contributed by atoms with E-state index in [1.807, 2.05) is 61.7 Å². The second-order valence-corrected chi connectivity index (χ2v) is 24.7. The number of fused-ring (bicyclic) bond motifs is 12. The fourth-order valence-corrected chi connectivity index (χ4v) is 14.7. The van der Waals surface area contributed by atoms with Gasteiger partial charge in [0.15, 0.2) is 0 Å². The molecule has 0 N–H and O–H groups in total. The van der Waals surface area contributed by atoms with E-state index in [2.05, 4.69) is 278 Å². The van der Waals surface area contributed by atoms with Crippen LogP contribution in [0.4, 0.5) is 0 Å². The van der Waals surface area contributed by atoms with Gasteiger partial charge in [0.25, 0.3) is 0 Å². The molecule has 0 aliphatic carbocycles. The van der Waals surface area contributed by atoms with Crippen LogP contribution < -0.4 is 0 Å². The summed E-state index contributed by atoms with van der Waals surface area (Å²) in [5, 5.41) is 14.2. The van der Waals surface area contributed by atoms with Crippen molar-refractivity contribution in [3.8, 4) is 89.5 Å². The molecule has 10 aromatic carbocycles. The highest BCUT2D eigenvalue weighted by Gasteiger charge is 2.26. The molecule has 452 valence electrons. The van der Waals surface area contributed by atoms with Crippen molar-refractivity contribution >= 4 is 86.7 Å². The van der Waals surface area contributed by atoms with Gasteiger partial charge in [-0.2, -0.15) is 0 Å². The van der Waals surface area contributed by atoms with Gasteiger partial charge in [-0.15, -0.1) is 0 Å². The van der Waals surface area contributed by atoms with Crippen LogP contribution in [0.3, 0.4) is 0 Å². The third-order valence-corrected chi connectivity index (χ3v) is 19.1. The number of rotatable bonds is 8. The summed E-state index contributed by atoms with van der Waals surface area (Å²) < 4.78 is 0. The number of nitrogens with zero attached hydrogens (tertiary/aromatic N) is 8. The van der Waals surface area contributed by atoms with E-state index in [0.717, 1.165) is 133 Å². The van der Waals surface area contributed by atoms with E-state index in [-0.39, 0.29) is 0 Å². The van der Waals surface area contributed by atoms with Crippen LogP contribution in [0.25, 0.3) is 176 Å². The van der Waals surface area contributed by atoms with E-state index in [0.29, 0.717) is 0 Å². The summed E-state index contributed by atoms with van der Waals surface area (Å²) in [6, 6.07) is 85.3. The number of pyridine rings is 8. The number of para-hydroxylation sites is 4. The Morgan fingerprint density at radius 2 is 0.438 bits per heavy atom. The van der Waals surface area contributed by atoms with Crippen LogP contribution in [-0.2, 0) is 0 Å². The molecule has 8 nitrogen and oxygen atoms in total. The van der Waals surface area contributed by atoms with E-state index in [4.69, 9.17) is 19.9 Å². The number of aromatic nitrogens is 8. The standard InChI is InChI=1S/2C44H30N4/c1-27-39-35-17-3-5-19-37(35)48-44(32-14-8-12-30(24-32)34-16-10-22-46-26-34)42(39)28(2)40-36-18-4-6-20-38(36)47-43(41(27)40)31-13-7-11-29(23-31)33-15-9-21-45-25-33;1-27-39-35-13-3-5-15-37(35)48-44(34-12-8-10-32(26-34)30-19-23-46-24-20-30)42(39)28(2)40-36-14-4-6-16-38(36)47-43(41(27)40)33-11-7-9-31(25-33)29-17-21-45-22-18-29/h2*3-26H,1-2H3. The van der Waals surface area contributed by atoms with E-state index >= 15 is 0 Å². The van der Waals surface area contributed by atoms with Gasteiger partial charge in [0.2, 0.25) is 0 Å². The summed E-state index contributed by atoms with van der Waals surface area (Å²) in [6.07, 6.45) is 14.8. The lowest BCUT2D eigenvalue weighted by Crippen LogP contribution is -1.99. The zero-order valence-corrected chi connectivity index (χ0v) is 53.3. The highest BCUT2D eigenvalue weighted by Crippen LogP contribution is 2.49. The molecule has 0 aliphatic rings. The van der Waals surface area contributed by atoms with Crippen molar-refractivity contribution in [3.63, 3.8) is 0 Å². The molecule has 96 heavy (non-hydrogen) atoms. The molecule has 0 saturated carbocycles. The molecule has 0 radical (unpaired) electrons. The molecular formula is C88H60N8. The van der Waals surface area contributed by atoms with Gasteiger partial charge in [-0.25, -0.2) is 19.9 Å². The largest absolute Gasteiger partial charge is 0.265 e. The number of aryl methyl sites for hydroxylation is 4. The average Bonchev–Trinajstić information content (AvgIpc) is 0.715. The molecule has 0 spiro atoms. The number of hydrogen-bond acceptors (Lipinski definition) is 8.